The molecule has 0 spiro atoms. The lowest BCUT2D eigenvalue weighted by atomic mass is 10.0. The molecular formula is C13H13N5O4. The number of nitrogens with zero attached hydrogens (tertiary/aromatic N) is 4. The van der Waals surface area contributed by atoms with Crippen LogP contribution in [-0.2, 0) is 4.79 Å². The van der Waals surface area contributed by atoms with E-state index in [2.05, 4.69) is 20.8 Å². The van der Waals surface area contributed by atoms with Gasteiger partial charge in [-0.05, 0) is 34.2 Å². The fraction of sp³-hybridized carbons (Fsp3) is 0.231. The number of carboxylic acid groups (broad SMARTS) is 1. The van der Waals surface area contributed by atoms with Gasteiger partial charge in [0, 0.05) is 0 Å². The fourth-order valence-electron chi connectivity index (χ4n) is 2.25. The molecule has 0 fully saturated rings. The van der Waals surface area contributed by atoms with Crippen molar-refractivity contribution in [1.82, 2.24) is 20.2 Å². The van der Waals surface area contributed by atoms with Crippen LogP contribution in [0.3, 0.4) is 0 Å². The van der Waals surface area contributed by atoms with Gasteiger partial charge in [0.25, 0.3) is 0 Å². The van der Waals surface area contributed by atoms with Crippen molar-refractivity contribution in [3.05, 3.63) is 35.5 Å². The molecule has 9 nitrogen and oxygen atoms in total. The molecular weight excluding hydrogens is 290 g/mol. The van der Waals surface area contributed by atoms with Gasteiger partial charge in [0.2, 0.25) is 5.95 Å². The number of aromatic nitrogens is 4. The number of ether oxygens (including phenoxy) is 2. The van der Waals surface area contributed by atoms with Crippen LogP contribution in [0.2, 0.25) is 0 Å². The van der Waals surface area contributed by atoms with Crippen molar-refractivity contribution in [1.29, 1.82) is 0 Å². The maximum absolute atomic E-state index is 11.2. The molecule has 1 aromatic carbocycles. The van der Waals surface area contributed by atoms with Crippen LogP contribution in [0.5, 0.6) is 11.5 Å². The summed E-state index contributed by atoms with van der Waals surface area (Å²) in [6.07, 6.45) is 1.53. The lowest BCUT2D eigenvalue weighted by molar-refractivity contribution is -0.132. The van der Waals surface area contributed by atoms with E-state index in [0.29, 0.717) is 11.5 Å². The molecule has 0 aliphatic carbocycles. The van der Waals surface area contributed by atoms with Crippen molar-refractivity contribution in [3.63, 3.8) is 0 Å². The van der Waals surface area contributed by atoms with Gasteiger partial charge in [-0.2, -0.15) is 4.68 Å². The molecule has 2 N–H and O–H groups in total. The molecule has 22 heavy (non-hydrogen) atoms. The Labute approximate surface area is 125 Å². The third kappa shape index (κ3) is 2.22. The smallest absolute Gasteiger partial charge is 0.352 e. The average molecular weight is 303 g/mol. The highest BCUT2D eigenvalue weighted by Gasteiger charge is 2.27. The van der Waals surface area contributed by atoms with E-state index >= 15 is 0 Å². The number of aliphatic carboxylic acids is 1. The fourth-order valence-corrected chi connectivity index (χ4v) is 2.25. The van der Waals surface area contributed by atoms with Gasteiger partial charge in [0.1, 0.15) is 11.7 Å². The summed E-state index contributed by atoms with van der Waals surface area (Å²) in [5.41, 5.74) is 0.786. The highest BCUT2D eigenvalue weighted by atomic mass is 16.5. The highest BCUT2D eigenvalue weighted by Crippen LogP contribution is 2.34. The SMILES string of the molecule is COc1ccc([C@@H]2C=C(C(=O)O)Nc3nnnn32)cc1OC. The first kappa shape index (κ1) is 13.9. The second-order valence-corrected chi connectivity index (χ2v) is 4.52. The first-order valence-corrected chi connectivity index (χ1v) is 6.36. The van der Waals surface area contributed by atoms with Crippen molar-refractivity contribution >= 4 is 11.9 Å². The van der Waals surface area contributed by atoms with Crippen LogP contribution in [0, 0.1) is 0 Å². The number of benzene rings is 1. The molecule has 0 saturated carbocycles. The predicted molar refractivity (Wildman–Crippen MR) is 74.8 cm³/mol. The topological polar surface area (TPSA) is 111 Å². The van der Waals surface area contributed by atoms with Crippen molar-refractivity contribution in [3.8, 4) is 11.5 Å². The largest absolute Gasteiger partial charge is 0.493 e. The summed E-state index contributed by atoms with van der Waals surface area (Å²) < 4.78 is 12.0. The standard InChI is InChI=1S/C13H13N5O4/c1-21-10-4-3-7(5-11(10)22-2)9-6-8(12(19)20)14-13-15-16-17-18(9)13/h3-6,9H,1-2H3,(H,19,20)(H,14,15,17)/t9-/m0/s1. The number of rotatable bonds is 4. The van der Waals surface area contributed by atoms with Crippen LogP contribution in [0.4, 0.5) is 5.95 Å². The summed E-state index contributed by atoms with van der Waals surface area (Å²) in [4.78, 5) is 11.2. The first-order chi connectivity index (χ1) is 10.6. The minimum absolute atomic E-state index is 0.0158. The Morgan fingerprint density at radius 2 is 2.09 bits per heavy atom. The number of hydrogen-bond donors (Lipinski definition) is 2. The van der Waals surface area contributed by atoms with Crippen LogP contribution < -0.4 is 14.8 Å². The van der Waals surface area contributed by atoms with E-state index in [4.69, 9.17) is 9.47 Å². The molecule has 9 heteroatoms. The highest BCUT2D eigenvalue weighted by molar-refractivity contribution is 5.90. The molecule has 0 amide bonds. The van der Waals surface area contributed by atoms with Gasteiger partial charge in [0.05, 0.1) is 14.2 Å². The van der Waals surface area contributed by atoms with Crippen LogP contribution in [0.1, 0.15) is 11.6 Å². The Morgan fingerprint density at radius 3 is 2.77 bits per heavy atom. The number of tetrazole rings is 1. The van der Waals surface area contributed by atoms with E-state index in [1.54, 1.807) is 25.3 Å². The molecule has 3 rings (SSSR count). The first-order valence-electron chi connectivity index (χ1n) is 6.36. The maximum atomic E-state index is 11.2. The molecule has 1 aliphatic heterocycles. The van der Waals surface area contributed by atoms with Gasteiger partial charge in [-0.3, -0.25) is 0 Å². The van der Waals surface area contributed by atoms with Crippen molar-refractivity contribution in [2.24, 2.45) is 0 Å². The van der Waals surface area contributed by atoms with Crippen molar-refractivity contribution in [2.45, 2.75) is 6.04 Å². The average Bonchev–Trinajstić information content (AvgIpc) is 3.01. The summed E-state index contributed by atoms with van der Waals surface area (Å²) in [5.74, 6) is 0.303. The monoisotopic (exact) mass is 303 g/mol. The Bertz CT molecular complexity index is 755. The molecule has 114 valence electrons. The van der Waals surface area contributed by atoms with Gasteiger partial charge in [-0.15, -0.1) is 0 Å². The normalized spacial score (nSPS) is 16.3. The number of methoxy groups -OCH3 is 2. The molecule has 1 aliphatic rings. The molecule has 2 heterocycles. The zero-order chi connectivity index (χ0) is 15.7. The summed E-state index contributed by atoms with van der Waals surface area (Å²) in [6.45, 7) is 0. The Kier molecular flexibility index (Phi) is 3.37. The van der Waals surface area contributed by atoms with E-state index in [0.717, 1.165) is 5.56 Å². The maximum Gasteiger partial charge on any atom is 0.352 e. The van der Waals surface area contributed by atoms with Gasteiger partial charge >= 0.3 is 5.97 Å². The zero-order valence-corrected chi connectivity index (χ0v) is 11.8. The quantitative estimate of drug-likeness (QED) is 0.848. The van der Waals surface area contributed by atoms with Gasteiger partial charge in [-0.1, -0.05) is 11.2 Å². The summed E-state index contributed by atoms with van der Waals surface area (Å²) in [6, 6.07) is 4.85. The van der Waals surface area contributed by atoms with Crippen LogP contribution in [0.25, 0.3) is 0 Å². The number of anilines is 1. The van der Waals surface area contributed by atoms with E-state index in [9.17, 15) is 9.90 Å². The number of fused-ring (bicyclic) bond motifs is 1. The number of hydrogen-bond acceptors (Lipinski definition) is 7. The van der Waals surface area contributed by atoms with Crippen LogP contribution >= 0.6 is 0 Å². The summed E-state index contributed by atoms with van der Waals surface area (Å²) >= 11 is 0. The molecule has 0 radical (unpaired) electrons. The third-order valence-electron chi connectivity index (χ3n) is 3.31. The molecule has 0 bridgehead atoms. The lowest BCUT2D eigenvalue weighted by Crippen LogP contribution is -2.24. The van der Waals surface area contributed by atoms with E-state index < -0.39 is 12.0 Å². The van der Waals surface area contributed by atoms with Gasteiger partial charge in [0.15, 0.2) is 11.5 Å². The molecule has 1 atom stereocenters. The lowest BCUT2D eigenvalue weighted by Gasteiger charge is -2.22. The minimum atomic E-state index is -1.08. The second kappa shape index (κ2) is 5.35. The van der Waals surface area contributed by atoms with Crippen LogP contribution in [-0.4, -0.2) is 45.5 Å². The number of allylic oxidation sites excluding steroid dienone is 1. The molecule has 2 aromatic rings. The number of carboxylic acids is 1. The number of nitrogens with one attached hydrogen (secondary N) is 1. The van der Waals surface area contributed by atoms with Crippen molar-refractivity contribution in [2.75, 3.05) is 19.5 Å². The second-order valence-electron chi connectivity index (χ2n) is 4.52. The van der Waals surface area contributed by atoms with Crippen molar-refractivity contribution < 1.29 is 19.4 Å². The molecule has 0 unspecified atom stereocenters. The Morgan fingerprint density at radius 1 is 1.32 bits per heavy atom. The third-order valence-corrected chi connectivity index (χ3v) is 3.31. The van der Waals surface area contributed by atoms with E-state index in [-0.39, 0.29) is 11.6 Å². The van der Waals surface area contributed by atoms with Gasteiger partial charge in [-0.25, -0.2) is 4.79 Å². The minimum Gasteiger partial charge on any atom is -0.493 e. The van der Waals surface area contributed by atoms with Crippen LogP contribution in [0.15, 0.2) is 30.0 Å². The summed E-state index contributed by atoms with van der Waals surface area (Å²) in [7, 11) is 3.08. The van der Waals surface area contributed by atoms with Gasteiger partial charge < -0.3 is 19.9 Å². The molecule has 1 aromatic heterocycles. The Balaban J connectivity index is 2.09. The van der Waals surface area contributed by atoms with E-state index in [1.165, 1.54) is 17.9 Å². The van der Waals surface area contributed by atoms with E-state index in [1.807, 2.05) is 0 Å². The molecule has 0 saturated heterocycles. The Hall–Kier alpha value is -3.10. The summed E-state index contributed by atoms with van der Waals surface area (Å²) in [5, 5.41) is 23.1. The zero-order valence-electron chi connectivity index (χ0n) is 11.8. The number of carbonyl (C=O) groups is 1. The predicted octanol–water partition coefficient (Wildman–Crippen LogP) is 0.674.